The molecule has 0 fully saturated rings. The van der Waals surface area contributed by atoms with Gasteiger partial charge in [-0.25, -0.2) is 9.37 Å². The molecule has 0 saturated carbocycles. The van der Waals surface area contributed by atoms with Crippen LogP contribution >= 0.6 is 0 Å². The Kier molecular flexibility index (Phi) is 4.44. The highest BCUT2D eigenvalue weighted by Crippen LogP contribution is 2.23. The molecule has 0 unspecified atom stereocenters. The number of oxazole rings is 1. The minimum Gasteiger partial charge on any atom is -0.443 e. The molecule has 1 aromatic carbocycles. The average molecular weight is 381 g/mol. The summed E-state index contributed by atoms with van der Waals surface area (Å²) in [6.07, 6.45) is 1.17. The molecule has 0 aliphatic carbocycles. The number of carbonyl (C=O) groups excluding carboxylic acids is 1. The first-order valence-corrected chi connectivity index (χ1v) is 8.39. The first-order chi connectivity index (χ1) is 13.5. The molecule has 3 aromatic heterocycles. The van der Waals surface area contributed by atoms with Gasteiger partial charge in [-0.2, -0.15) is 4.52 Å². The molecule has 1 amide bonds. The van der Waals surface area contributed by atoms with Crippen molar-refractivity contribution in [3.8, 4) is 11.3 Å². The van der Waals surface area contributed by atoms with Gasteiger partial charge in [-0.05, 0) is 36.4 Å². The van der Waals surface area contributed by atoms with E-state index < -0.39 is 5.91 Å². The van der Waals surface area contributed by atoms with Crippen LogP contribution in [0.4, 0.5) is 10.2 Å². The van der Waals surface area contributed by atoms with Crippen molar-refractivity contribution in [2.75, 3.05) is 19.0 Å². The molecule has 4 aromatic rings. The van der Waals surface area contributed by atoms with E-state index in [9.17, 15) is 9.18 Å². The van der Waals surface area contributed by atoms with Gasteiger partial charge in [0.25, 0.3) is 5.91 Å². The van der Waals surface area contributed by atoms with Gasteiger partial charge >= 0.3 is 0 Å². The van der Waals surface area contributed by atoms with Gasteiger partial charge in [0.05, 0.1) is 6.54 Å². The van der Waals surface area contributed by atoms with E-state index in [0.717, 1.165) is 5.82 Å². The Balaban J connectivity index is 1.54. The fourth-order valence-electron chi connectivity index (χ4n) is 2.63. The maximum absolute atomic E-state index is 13.1. The Morgan fingerprint density at radius 1 is 1.18 bits per heavy atom. The third-order valence-corrected chi connectivity index (χ3v) is 4.07. The number of hydrogen-bond acceptors (Lipinski definition) is 7. The van der Waals surface area contributed by atoms with Crippen molar-refractivity contribution in [2.24, 2.45) is 0 Å². The molecule has 9 nitrogen and oxygen atoms in total. The van der Waals surface area contributed by atoms with E-state index in [2.05, 4.69) is 25.6 Å². The molecule has 0 bridgehead atoms. The predicted molar refractivity (Wildman–Crippen MR) is 98.2 cm³/mol. The summed E-state index contributed by atoms with van der Waals surface area (Å²) in [4.78, 5) is 18.4. The quantitative estimate of drug-likeness (QED) is 0.563. The second-order valence-electron chi connectivity index (χ2n) is 6.19. The van der Waals surface area contributed by atoms with Gasteiger partial charge in [-0.1, -0.05) is 0 Å². The number of fused-ring (bicyclic) bond motifs is 1. The number of halogens is 1. The van der Waals surface area contributed by atoms with E-state index in [-0.39, 0.29) is 23.8 Å². The van der Waals surface area contributed by atoms with E-state index >= 15 is 0 Å². The summed E-state index contributed by atoms with van der Waals surface area (Å²) in [5.74, 6) is 0.636. The number of nitrogens with zero attached hydrogens (tertiary/aromatic N) is 6. The fraction of sp³-hybridized carbons (Fsp3) is 0.167. The lowest BCUT2D eigenvalue weighted by molar-refractivity contribution is 0.0945. The predicted octanol–water partition coefficient (Wildman–Crippen LogP) is 1.91. The lowest BCUT2D eigenvalue weighted by atomic mass is 10.1. The Bertz CT molecular complexity index is 1130. The third kappa shape index (κ3) is 3.27. The summed E-state index contributed by atoms with van der Waals surface area (Å²) in [5, 5.41) is 15.3. The second kappa shape index (κ2) is 7.06. The van der Waals surface area contributed by atoms with Crippen LogP contribution in [0, 0.1) is 5.82 Å². The lowest BCUT2D eigenvalue weighted by Gasteiger charge is -2.10. The van der Waals surface area contributed by atoms with Crippen molar-refractivity contribution in [1.29, 1.82) is 0 Å². The summed E-state index contributed by atoms with van der Waals surface area (Å²) >= 11 is 0. The molecule has 3 heterocycles. The van der Waals surface area contributed by atoms with Crippen LogP contribution in [0.3, 0.4) is 0 Å². The topological polar surface area (TPSA) is 101 Å². The molecule has 0 atom stereocenters. The highest BCUT2D eigenvalue weighted by molar-refractivity contribution is 5.97. The molecule has 10 heteroatoms. The number of amides is 1. The van der Waals surface area contributed by atoms with E-state index in [1.54, 1.807) is 10.6 Å². The van der Waals surface area contributed by atoms with Crippen molar-refractivity contribution >= 4 is 17.4 Å². The number of carbonyl (C=O) groups is 1. The van der Waals surface area contributed by atoms with Crippen LogP contribution in [0.2, 0.25) is 0 Å². The Morgan fingerprint density at radius 2 is 1.96 bits per heavy atom. The van der Waals surface area contributed by atoms with Crippen LogP contribution in [-0.4, -0.2) is 44.8 Å². The maximum atomic E-state index is 13.1. The van der Waals surface area contributed by atoms with Crippen LogP contribution in [0.1, 0.15) is 16.3 Å². The number of nitrogens with one attached hydrogen (secondary N) is 1. The highest BCUT2D eigenvalue weighted by atomic mass is 19.1. The Morgan fingerprint density at radius 3 is 2.71 bits per heavy atom. The van der Waals surface area contributed by atoms with Gasteiger partial charge in [-0.3, -0.25) is 4.79 Å². The van der Waals surface area contributed by atoms with E-state index in [4.69, 9.17) is 4.42 Å². The summed E-state index contributed by atoms with van der Waals surface area (Å²) in [6.45, 7) is 0.0968. The molecular weight excluding hydrogens is 365 g/mol. The molecule has 0 aliphatic heterocycles. The largest absolute Gasteiger partial charge is 0.443 e. The van der Waals surface area contributed by atoms with Crippen LogP contribution in [0.25, 0.3) is 17.0 Å². The van der Waals surface area contributed by atoms with Crippen molar-refractivity contribution in [1.82, 2.24) is 30.1 Å². The smallest absolute Gasteiger partial charge is 0.274 e. The first kappa shape index (κ1) is 17.6. The molecule has 28 heavy (non-hydrogen) atoms. The first-order valence-electron chi connectivity index (χ1n) is 8.39. The highest BCUT2D eigenvalue weighted by Gasteiger charge is 2.19. The Hall–Kier alpha value is -3.82. The standard InChI is InChI=1S/C18H16FN7O2/c1-25(2)14-8-7-13-22-23-15(26(13)24-14)9-20-18(27)16-17(28-10-21-16)11-3-5-12(19)6-4-11/h3-8,10H,9H2,1-2H3,(H,20,27). The van der Waals surface area contributed by atoms with Gasteiger partial charge in [0.2, 0.25) is 0 Å². The summed E-state index contributed by atoms with van der Waals surface area (Å²) < 4.78 is 20.0. The number of benzene rings is 1. The lowest BCUT2D eigenvalue weighted by Crippen LogP contribution is -2.25. The fourth-order valence-corrected chi connectivity index (χ4v) is 2.63. The Labute approximate surface area is 158 Å². The van der Waals surface area contributed by atoms with Crippen molar-refractivity contribution in [3.63, 3.8) is 0 Å². The molecule has 1 N–H and O–H groups in total. The van der Waals surface area contributed by atoms with E-state index in [1.807, 2.05) is 25.1 Å². The van der Waals surface area contributed by atoms with Gasteiger partial charge < -0.3 is 14.6 Å². The second-order valence-corrected chi connectivity index (χ2v) is 6.19. The van der Waals surface area contributed by atoms with Gasteiger partial charge in [0, 0.05) is 19.7 Å². The van der Waals surface area contributed by atoms with Crippen molar-refractivity contribution < 1.29 is 13.6 Å². The van der Waals surface area contributed by atoms with Crippen LogP contribution in [-0.2, 0) is 6.54 Å². The van der Waals surface area contributed by atoms with Gasteiger partial charge in [0.1, 0.15) is 11.6 Å². The van der Waals surface area contributed by atoms with Crippen LogP contribution in [0.5, 0.6) is 0 Å². The molecule has 0 saturated heterocycles. The minimum absolute atomic E-state index is 0.0968. The molecule has 4 rings (SSSR count). The minimum atomic E-state index is -0.450. The number of anilines is 1. The normalized spacial score (nSPS) is 11.0. The van der Waals surface area contributed by atoms with Gasteiger partial charge in [0.15, 0.2) is 29.3 Å². The monoisotopic (exact) mass is 381 g/mol. The van der Waals surface area contributed by atoms with E-state index in [1.165, 1.54) is 30.7 Å². The maximum Gasteiger partial charge on any atom is 0.274 e. The number of rotatable bonds is 5. The molecule has 0 radical (unpaired) electrons. The van der Waals surface area contributed by atoms with Crippen LogP contribution in [0.15, 0.2) is 47.2 Å². The zero-order chi connectivity index (χ0) is 19.7. The molecule has 0 spiro atoms. The van der Waals surface area contributed by atoms with Crippen LogP contribution < -0.4 is 10.2 Å². The van der Waals surface area contributed by atoms with Gasteiger partial charge in [-0.15, -0.1) is 15.3 Å². The number of aromatic nitrogens is 5. The zero-order valence-corrected chi connectivity index (χ0v) is 15.1. The average Bonchev–Trinajstić information content (AvgIpc) is 3.33. The summed E-state index contributed by atoms with van der Waals surface area (Å²) in [7, 11) is 3.75. The molecule has 142 valence electrons. The molecule has 0 aliphatic rings. The van der Waals surface area contributed by atoms with Crippen molar-refractivity contribution in [3.05, 3.63) is 60.1 Å². The summed E-state index contributed by atoms with van der Waals surface area (Å²) in [5.41, 5.74) is 1.22. The SMILES string of the molecule is CN(C)c1ccc2nnc(CNC(=O)c3ncoc3-c3ccc(F)cc3)n2n1. The third-order valence-electron chi connectivity index (χ3n) is 4.07. The zero-order valence-electron chi connectivity index (χ0n) is 15.1. The molecular formula is C18H16FN7O2. The van der Waals surface area contributed by atoms with E-state index in [0.29, 0.717) is 17.0 Å². The number of hydrogen-bond donors (Lipinski definition) is 1. The van der Waals surface area contributed by atoms with Crippen molar-refractivity contribution in [2.45, 2.75) is 6.54 Å². The summed E-state index contributed by atoms with van der Waals surface area (Å²) in [6, 6.07) is 9.24.